The van der Waals surface area contributed by atoms with Crippen molar-refractivity contribution < 1.29 is 18.3 Å². The molecule has 1 heterocycles. The van der Waals surface area contributed by atoms with Crippen LogP contribution in [0.25, 0.3) is 11.0 Å². The zero-order valence-corrected chi connectivity index (χ0v) is 13.0. The van der Waals surface area contributed by atoms with Gasteiger partial charge in [-0.3, -0.25) is 0 Å². The number of benzene rings is 1. The van der Waals surface area contributed by atoms with Crippen LogP contribution in [-0.2, 0) is 16.3 Å². The first-order valence-electron chi connectivity index (χ1n) is 6.64. The molecule has 7 heteroatoms. The van der Waals surface area contributed by atoms with E-state index in [4.69, 9.17) is 5.11 Å². The lowest BCUT2D eigenvalue weighted by Crippen LogP contribution is -2.18. The Balaban J connectivity index is 2.63. The van der Waals surface area contributed by atoms with Crippen LogP contribution in [0.2, 0.25) is 0 Å². The fourth-order valence-corrected chi connectivity index (χ4v) is 3.56. The molecule has 1 aromatic heterocycles. The monoisotopic (exact) mass is 310 g/mol. The fourth-order valence-electron chi connectivity index (χ4n) is 2.53. The molecular weight excluding hydrogens is 292 g/mol. The SMILES string of the molecule is CCc1nc2ccc(C(=O)O)cc2n1C(C)CS(C)(=O)=O. The summed E-state index contributed by atoms with van der Waals surface area (Å²) in [5, 5.41) is 9.10. The second-order valence-corrected chi connectivity index (χ2v) is 7.39. The number of hydrogen-bond donors (Lipinski definition) is 1. The van der Waals surface area contributed by atoms with Gasteiger partial charge >= 0.3 is 5.97 Å². The summed E-state index contributed by atoms with van der Waals surface area (Å²) >= 11 is 0. The minimum Gasteiger partial charge on any atom is -0.478 e. The summed E-state index contributed by atoms with van der Waals surface area (Å²) in [5.74, 6) is -0.273. The maximum atomic E-state index is 11.5. The normalized spacial score (nSPS) is 13.5. The molecule has 0 bridgehead atoms. The predicted octanol–water partition coefficient (Wildman–Crippen LogP) is 1.90. The first kappa shape index (κ1) is 15.5. The van der Waals surface area contributed by atoms with E-state index in [0.29, 0.717) is 17.5 Å². The maximum Gasteiger partial charge on any atom is 0.335 e. The van der Waals surface area contributed by atoms with Gasteiger partial charge in [-0.1, -0.05) is 6.92 Å². The smallest absolute Gasteiger partial charge is 0.335 e. The molecule has 21 heavy (non-hydrogen) atoms. The fraction of sp³-hybridized carbons (Fsp3) is 0.429. The van der Waals surface area contributed by atoms with Gasteiger partial charge in [0.05, 0.1) is 22.3 Å². The summed E-state index contributed by atoms with van der Waals surface area (Å²) in [6.45, 7) is 3.73. The summed E-state index contributed by atoms with van der Waals surface area (Å²) in [7, 11) is -3.13. The summed E-state index contributed by atoms with van der Waals surface area (Å²) < 4.78 is 24.9. The van der Waals surface area contributed by atoms with Crippen molar-refractivity contribution in [3.05, 3.63) is 29.6 Å². The summed E-state index contributed by atoms with van der Waals surface area (Å²) in [4.78, 5) is 15.6. The highest BCUT2D eigenvalue weighted by Gasteiger charge is 2.19. The van der Waals surface area contributed by atoms with E-state index < -0.39 is 15.8 Å². The van der Waals surface area contributed by atoms with E-state index in [0.717, 1.165) is 5.82 Å². The number of imidazole rings is 1. The van der Waals surface area contributed by atoms with E-state index in [1.807, 2.05) is 11.5 Å². The highest BCUT2D eigenvalue weighted by Crippen LogP contribution is 2.24. The second kappa shape index (κ2) is 5.48. The van der Waals surface area contributed by atoms with Crippen LogP contribution in [0.5, 0.6) is 0 Å². The van der Waals surface area contributed by atoms with Gasteiger partial charge in [-0.25, -0.2) is 18.2 Å². The Bertz CT molecular complexity index is 793. The lowest BCUT2D eigenvalue weighted by Gasteiger charge is -2.16. The molecule has 114 valence electrons. The number of carbonyl (C=O) groups is 1. The molecule has 2 rings (SSSR count). The molecular formula is C14H18N2O4S. The van der Waals surface area contributed by atoms with Crippen molar-refractivity contribution in [2.75, 3.05) is 12.0 Å². The highest BCUT2D eigenvalue weighted by atomic mass is 32.2. The molecule has 0 aliphatic carbocycles. The average Bonchev–Trinajstić information content (AvgIpc) is 2.73. The number of nitrogens with zero attached hydrogens (tertiary/aromatic N) is 2. The molecule has 0 aliphatic rings. The van der Waals surface area contributed by atoms with Crippen molar-refractivity contribution in [3.8, 4) is 0 Å². The minimum atomic E-state index is -3.13. The van der Waals surface area contributed by atoms with Gasteiger partial charge in [0.2, 0.25) is 0 Å². The van der Waals surface area contributed by atoms with E-state index in [2.05, 4.69) is 4.98 Å². The average molecular weight is 310 g/mol. The first-order valence-corrected chi connectivity index (χ1v) is 8.71. The van der Waals surface area contributed by atoms with Crippen molar-refractivity contribution in [2.24, 2.45) is 0 Å². The van der Waals surface area contributed by atoms with Crippen molar-refractivity contribution in [1.29, 1.82) is 0 Å². The largest absolute Gasteiger partial charge is 0.478 e. The number of rotatable bonds is 5. The number of aromatic nitrogens is 2. The van der Waals surface area contributed by atoms with Crippen LogP contribution in [0.15, 0.2) is 18.2 Å². The summed E-state index contributed by atoms with van der Waals surface area (Å²) in [6, 6.07) is 4.40. The summed E-state index contributed by atoms with van der Waals surface area (Å²) in [5.41, 5.74) is 1.50. The molecule has 0 saturated carbocycles. The molecule has 1 unspecified atom stereocenters. The van der Waals surface area contributed by atoms with Crippen molar-refractivity contribution in [1.82, 2.24) is 9.55 Å². The third kappa shape index (κ3) is 3.24. The van der Waals surface area contributed by atoms with E-state index in [9.17, 15) is 13.2 Å². The van der Waals surface area contributed by atoms with Crippen molar-refractivity contribution in [2.45, 2.75) is 26.3 Å². The first-order chi connectivity index (χ1) is 9.73. The molecule has 0 spiro atoms. The van der Waals surface area contributed by atoms with Gasteiger partial charge in [-0.2, -0.15) is 0 Å². The lowest BCUT2D eigenvalue weighted by atomic mass is 10.2. The van der Waals surface area contributed by atoms with Gasteiger partial charge in [0.15, 0.2) is 0 Å². The van der Waals surface area contributed by atoms with Crippen LogP contribution in [-0.4, -0.2) is 41.1 Å². The zero-order valence-electron chi connectivity index (χ0n) is 12.2. The quantitative estimate of drug-likeness (QED) is 0.911. The van der Waals surface area contributed by atoms with Crippen LogP contribution in [0.1, 0.15) is 36.1 Å². The van der Waals surface area contributed by atoms with Gasteiger partial charge < -0.3 is 9.67 Å². The number of carboxylic acid groups (broad SMARTS) is 1. The van der Waals surface area contributed by atoms with Gasteiger partial charge in [0.1, 0.15) is 15.7 Å². The number of fused-ring (bicyclic) bond motifs is 1. The maximum absolute atomic E-state index is 11.5. The lowest BCUT2D eigenvalue weighted by molar-refractivity contribution is 0.0697. The van der Waals surface area contributed by atoms with Gasteiger partial charge in [-0.05, 0) is 25.1 Å². The van der Waals surface area contributed by atoms with Gasteiger partial charge in [-0.15, -0.1) is 0 Å². The number of hydrogen-bond acceptors (Lipinski definition) is 4. The molecule has 0 radical (unpaired) electrons. The molecule has 0 amide bonds. The Labute approximate surface area is 123 Å². The van der Waals surface area contributed by atoms with E-state index in [1.165, 1.54) is 12.3 Å². The topological polar surface area (TPSA) is 89.3 Å². The van der Waals surface area contributed by atoms with Crippen LogP contribution in [0.3, 0.4) is 0 Å². The standard InChI is InChI=1S/C14H18N2O4S/c1-4-13-15-11-6-5-10(14(17)18)7-12(11)16(13)9(2)8-21(3,19)20/h5-7,9H,4,8H2,1-3H3,(H,17,18). The molecule has 6 nitrogen and oxygen atoms in total. The third-order valence-electron chi connectivity index (χ3n) is 3.31. The molecule has 2 aromatic rings. The van der Waals surface area contributed by atoms with E-state index in [1.54, 1.807) is 19.1 Å². The van der Waals surface area contributed by atoms with Crippen LogP contribution >= 0.6 is 0 Å². The Morgan fingerprint density at radius 3 is 2.62 bits per heavy atom. The minimum absolute atomic E-state index is 0.0112. The van der Waals surface area contributed by atoms with Gasteiger partial charge in [0.25, 0.3) is 0 Å². The Morgan fingerprint density at radius 2 is 2.10 bits per heavy atom. The van der Waals surface area contributed by atoms with Crippen LogP contribution in [0.4, 0.5) is 0 Å². The number of sulfone groups is 1. The third-order valence-corrected chi connectivity index (χ3v) is 4.40. The number of aromatic carboxylic acids is 1. The predicted molar refractivity (Wildman–Crippen MR) is 80.5 cm³/mol. The molecule has 1 N–H and O–H groups in total. The Hall–Kier alpha value is -1.89. The number of aryl methyl sites for hydroxylation is 1. The van der Waals surface area contributed by atoms with Gasteiger partial charge in [0, 0.05) is 18.7 Å². The summed E-state index contributed by atoms with van der Waals surface area (Å²) in [6.07, 6.45) is 1.84. The van der Waals surface area contributed by atoms with Crippen molar-refractivity contribution in [3.63, 3.8) is 0 Å². The molecule has 0 fully saturated rings. The van der Waals surface area contributed by atoms with E-state index >= 15 is 0 Å². The zero-order chi connectivity index (χ0) is 15.8. The van der Waals surface area contributed by atoms with Crippen molar-refractivity contribution >= 4 is 26.8 Å². The number of carboxylic acids is 1. The molecule has 0 aliphatic heterocycles. The second-order valence-electron chi connectivity index (χ2n) is 5.20. The highest BCUT2D eigenvalue weighted by molar-refractivity contribution is 7.90. The Kier molecular flexibility index (Phi) is 4.04. The van der Waals surface area contributed by atoms with Crippen LogP contribution < -0.4 is 0 Å². The van der Waals surface area contributed by atoms with Crippen LogP contribution in [0, 0.1) is 0 Å². The molecule has 0 saturated heterocycles. The molecule has 1 aromatic carbocycles. The Morgan fingerprint density at radius 1 is 1.43 bits per heavy atom. The molecule has 1 atom stereocenters. The van der Waals surface area contributed by atoms with E-state index in [-0.39, 0.29) is 17.4 Å².